The van der Waals surface area contributed by atoms with E-state index in [1.807, 2.05) is 12.1 Å². The first kappa shape index (κ1) is 15.2. The lowest BCUT2D eigenvalue weighted by Gasteiger charge is -1.99. The Balaban J connectivity index is 1.73. The second kappa shape index (κ2) is 6.20. The molecule has 3 N–H and O–H groups in total. The van der Waals surface area contributed by atoms with Gasteiger partial charge in [0.2, 0.25) is 0 Å². The van der Waals surface area contributed by atoms with E-state index in [0.29, 0.717) is 17.1 Å². The van der Waals surface area contributed by atoms with Gasteiger partial charge in [-0.05, 0) is 18.2 Å². The van der Waals surface area contributed by atoms with Crippen molar-refractivity contribution in [1.82, 2.24) is 5.43 Å². The van der Waals surface area contributed by atoms with Gasteiger partial charge in [-0.1, -0.05) is 12.1 Å². The van der Waals surface area contributed by atoms with Crippen LogP contribution in [-0.4, -0.2) is 23.2 Å². The monoisotopic (exact) mass is 329 g/mol. The summed E-state index contributed by atoms with van der Waals surface area (Å²) < 4.78 is 10.5. The maximum absolute atomic E-state index is 11.6. The Morgan fingerprint density at radius 3 is 3.00 bits per heavy atom. The first-order chi connectivity index (χ1) is 11.5. The summed E-state index contributed by atoms with van der Waals surface area (Å²) in [6.07, 6.45) is 1.29. The van der Waals surface area contributed by atoms with Gasteiger partial charge in [0.15, 0.2) is 5.03 Å². The van der Waals surface area contributed by atoms with E-state index < -0.39 is 11.0 Å². The van der Waals surface area contributed by atoms with E-state index in [4.69, 9.17) is 14.9 Å². The van der Waals surface area contributed by atoms with Crippen LogP contribution in [0.5, 0.6) is 0 Å². The lowest BCUT2D eigenvalue weighted by molar-refractivity contribution is -0.485. The van der Waals surface area contributed by atoms with Crippen molar-refractivity contribution in [2.75, 3.05) is 0 Å². The molecule has 1 aliphatic rings. The number of carbonyl (C=O) groups excluding carboxylic acids is 1. The number of carbonyl (C=O) groups is 1. The summed E-state index contributed by atoms with van der Waals surface area (Å²) in [6, 6.07) is 8.68. The van der Waals surface area contributed by atoms with Crippen LogP contribution in [0.3, 0.4) is 0 Å². The maximum atomic E-state index is 11.6. The van der Waals surface area contributed by atoms with Crippen molar-refractivity contribution < 1.29 is 19.0 Å². The fourth-order valence-electron chi connectivity index (χ4n) is 2.12. The van der Waals surface area contributed by atoms with Crippen molar-refractivity contribution in [3.8, 4) is 11.3 Å². The molecular weight excluding hydrogens is 318 g/mol. The number of cyclic esters (lactones) is 1. The summed E-state index contributed by atoms with van der Waals surface area (Å²) in [6.45, 7) is 0.281. The number of hydrazone groups is 2. The molecule has 2 aromatic rings. The van der Waals surface area contributed by atoms with E-state index in [2.05, 4.69) is 15.6 Å². The Bertz CT molecular complexity index is 870. The number of furan rings is 1. The smallest absolute Gasteiger partial charge is 0.338 e. The zero-order valence-electron chi connectivity index (χ0n) is 12.1. The lowest BCUT2D eigenvalue weighted by Crippen LogP contribution is -2.28. The molecule has 0 amide bonds. The zero-order valence-corrected chi connectivity index (χ0v) is 12.1. The molecule has 0 bridgehead atoms. The molecule has 1 aromatic carbocycles. The van der Waals surface area contributed by atoms with Crippen LogP contribution >= 0.6 is 0 Å². The normalized spacial score (nSPS) is 13.8. The van der Waals surface area contributed by atoms with E-state index in [9.17, 15) is 14.9 Å². The van der Waals surface area contributed by atoms with Crippen LogP contribution in [0.4, 0.5) is 0 Å². The van der Waals surface area contributed by atoms with E-state index in [1.165, 1.54) is 6.21 Å². The van der Waals surface area contributed by atoms with Gasteiger partial charge in [0.05, 0.1) is 11.8 Å². The second-order valence-electron chi connectivity index (χ2n) is 4.74. The standard InChI is InChI=1S/C14H11N5O5/c15-14(18-19(21)22)17-16-6-10-3-4-12(24-10)8-1-2-9-7-23-13(20)11(9)5-8/h1-6H,7H2,(H3,15,17,18)/b16-6+. The third-order valence-corrected chi connectivity index (χ3v) is 3.16. The Morgan fingerprint density at radius 1 is 1.38 bits per heavy atom. The van der Waals surface area contributed by atoms with Crippen LogP contribution in [0.2, 0.25) is 0 Å². The van der Waals surface area contributed by atoms with E-state index >= 15 is 0 Å². The summed E-state index contributed by atoms with van der Waals surface area (Å²) >= 11 is 0. The quantitative estimate of drug-likeness (QED) is 0.280. The molecule has 0 unspecified atom stereocenters. The van der Waals surface area contributed by atoms with Crippen LogP contribution in [0, 0.1) is 10.1 Å². The predicted molar refractivity (Wildman–Crippen MR) is 82.6 cm³/mol. The molecule has 0 radical (unpaired) electrons. The van der Waals surface area contributed by atoms with Gasteiger partial charge in [-0.2, -0.15) is 5.10 Å². The number of esters is 1. The molecule has 0 atom stereocenters. The number of rotatable bonds is 4. The molecule has 1 aromatic heterocycles. The molecule has 0 saturated carbocycles. The van der Waals surface area contributed by atoms with Crippen molar-refractivity contribution >= 4 is 18.1 Å². The van der Waals surface area contributed by atoms with Gasteiger partial charge in [-0.25, -0.2) is 20.3 Å². The molecule has 122 valence electrons. The van der Waals surface area contributed by atoms with Crippen LogP contribution in [0.1, 0.15) is 21.7 Å². The number of nitrogens with one attached hydrogen (secondary N) is 1. The Labute approximate surface area is 134 Å². The summed E-state index contributed by atoms with van der Waals surface area (Å²) in [5.41, 5.74) is 9.47. The number of fused-ring (bicyclic) bond motifs is 1. The molecule has 24 heavy (non-hydrogen) atoms. The highest BCUT2D eigenvalue weighted by Gasteiger charge is 2.21. The number of nitro groups is 1. The summed E-state index contributed by atoms with van der Waals surface area (Å²) in [7, 11) is 0. The molecule has 2 heterocycles. The highest BCUT2D eigenvalue weighted by Crippen LogP contribution is 2.27. The van der Waals surface area contributed by atoms with Gasteiger partial charge in [-0.3, -0.25) is 0 Å². The van der Waals surface area contributed by atoms with Gasteiger partial charge >= 0.3 is 5.97 Å². The molecule has 0 saturated heterocycles. The van der Waals surface area contributed by atoms with Gasteiger partial charge < -0.3 is 14.9 Å². The van der Waals surface area contributed by atoms with Crippen molar-refractivity contribution in [3.63, 3.8) is 0 Å². The fraction of sp³-hybridized carbons (Fsp3) is 0.0714. The molecule has 1 aliphatic heterocycles. The molecule has 3 rings (SSSR count). The molecule has 0 aliphatic carbocycles. The fourth-order valence-corrected chi connectivity index (χ4v) is 2.12. The van der Waals surface area contributed by atoms with E-state index in [-0.39, 0.29) is 12.6 Å². The average molecular weight is 329 g/mol. The average Bonchev–Trinajstić information content (AvgIpc) is 3.14. The summed E-state index contributed by atoms with van der Waals surface area (Å²) in [5, 5.41) is 15.6. The van der Waals surface area contributed by atoms with E-state index in [0.717, 1.165) is 11.1 Å². The van der Waals surface area contributed by atoms with Crippen LogP contribution in [-0.2, 0) is 11.3 Å². The van der Waals surface area contributed by atoms with Crippen molar-refractivity contribution in [1.29, 1.82) is 0 Å². The zero-order chi connectivity index (χ0) is 17.1. The minimum Gasteiger partial charge on any atom is -0.457 e. The topological polar surface area (TPSA) is 145 Å². The largest absolute Gasteiger partial charge is 0.457 e. The molecule has 10 heteroatoms. The van der Waals surface area contributed by atoms with Crippen molar-refractivity contribution in [2.45, 2.75) is 6.61 Å². The first-order valence-electron chi connectivity index (χ1n) is 6.71. The second-order valence-corrected chi connectivity index (χ2v) is 4.74. The summed E-state index contributed by atoms with van der Waals surface area (Å²) in [4.78, 5) is 21.7. The Kier molecular flexibility index (Phi) is 3.93. The number of hydrogen-bond acceptors (Lipinski definition) is 6. The van der Waals surface area contributed by atoms with Gasteiger partial charge in [0, 0.05) is 11.1 Å². The first-order valence-corrected chi connectivity index (χ1v) is 6.71. The number of benzene rings is 1. The van der Waals surface area contributed by atoms with E-state index in [1.54, 1.807) is 18.2 Å². The lowest BCUT2D eigenvalue weighted by atomic mass is 10.0. The highest BCUT2D eigenvalue weighted by molar-refractivity contribution is 5.94. The Hall–Kier alpha value is -3.69. The van der Waals surface area contributed by atoms with Gasteiger partial charge in [0.1, 0.15) is 23.2 Å². The molecule has 0 fully saturated rings. The SMILES string of the molecule is N/C(=N\[N+](=O)[O-])N/N=C/c1ccc(-c2ccc3c(c2)C(=O)OC3)o1. The minimum atomic E-state index is -0.943. The van der Waals surface area contributed by atoms with Crippen LogP contribution in [0.15, 0.2) is 45.0 Å². The highest BCUT2D eigenvalue weighted by atomic mass is 16.7. The van der Waals surface area contributed by atoms with Crippen LogP contribution < -0.4 is 11.2 Å². The maximum Gasteiger partial charge on any atom is 0.338 e. The third-order valence-electron chi connectivity index (χ3n) is 3.16. The Morgan fingerprint density at radius 2 is 2.21 bits per heavy atom. The molecule has 0 spiro atoms. The molecular formula is C14H11N5O5. The number of nitrogens with zero attached hydrogens (tertiary/aromatic N) is 3. The van der Waals surface area contributed by atoms with Crippen molar-refractivity contribution in [2.24, 2.45) is 15.9 Å². The number of guanidine groups is 1. The predicted octanol–water partition coefficient (Wildman–Crippen LogP) is 1.05. The summed E-state index contributed by atoms with van der Waals surface area (Å²) in [5.74, 6) is 0.102. The third kappa shape index (κ3) is 3.21. The van der Waals surface area contributed by atoms with Crippen LogP contribution in [0.25, 0.3) is 11.3 Å². The number of ether oxygens (including phenoxy) is 1. The molecule has 10 nitrogen and oxygen atoms in total. The van der Waals surface area contributed by atoms with Crippen molar-refractivity contribution in [3.05, 3.63) is 57.3 Å². The van der Waals surface area contributed by atoms with Gasteiger partial charge in [-0.15, -0.1) is 0 Å². The number of nitrogens with two attached hydrogens (primary N) is 1. The van der Waals surface area contributed by atoms with Gasteiger partial charge in [0.25, 0.3) is 5.96 Å². The number of hydrogen-bond donors (Lipinski definition) is 2. The minimum absolute atomic E-state index is 0.281.